The van der Waals surface area contributed by atoms with Crippen molar-refractivity contribution in [1.82, 2.24) is 14.8 Å². The van der Waals surface area contributed by atoms with E-state index in [1.54, 1.807) is 12.7 Å². The van der Waals surface area contributed by atoms with E-state index in [4.69, 9.17) is 0 Å². The van der Waals surface area contributed by atoms with Gasteiger partial charge in [-0.1, -0.05) is 32.0 Å². The Balaban J connectivity index is 2.47. The van der Waals surface area contributed by atoms with Gasteiger partial charge in [-0.15, -0.1) is 0 Å². The maximum Gasteiger partial charge on any atom is 0.138 e. The van der Waals surface area contributed by atoms with E-state index >= 15 is 0 Å². The van der Waals surface area contributed by atoms with Crippen LogP contribution < -0.4 is 0 Å². The molecule has 3 heteroatoms. The van der Waals surface area contributed by atoms with E-state index in [0.29, 0.717) is 5.92 Å². The predicted octanol–water partition coefficient (Wildman–Crippen LogP) is 2.78. The molecule has 0 spiro atoms. The van der Waals surface area contributed by atoms with Gasteiger partial charge < -0.3 is 0 Å². The Morgan fingerprint density at radius 2 is 2.13 bits per heavy atom. The van der Waals surface area contributed by atoms with Crippen LogP contribution in [0.2, 0.25) is 0 Å². The van der Waals surface area contributed by atoms with Crippen molar-refractivity contribution in [3.63, 3.8) is 0 Å². The first kappa shape index (κ1) is 9.90. The van der Waals surface area contributed by atoms with E-state index in [0.717, 1.165) is 12.1 Å². The standard InChI is InChI=1S/C12H15N3/c1-3-10(2)11-6-4-5-7-12(11)15-9-13-8-14-15/h4-10H,3H2,1-2H3. The summed E-state index contributed by atoms with van der Waals surface area (Å²) in [7, 11) is 0. The minimum Gasteiger partial charge on any atom is -0.223 e. The molecule has 1 atom stereocenters. The second kappa shape index (κ2) is 4.26. The summed E-state index contributed by atoms with van der Waals surface area (Å²) in [6.45, 7) is 4.43. The Kier molecular flexibility index (Phi) is 2.81. The van der Waals surface area contributed by atoms with Gasteiger partial charge in [0.25, 0.3) is 0 Å². The predicted molar refractivity (Wildman–Crippen MR) is 60.1 cm³/mol. The summed E-state index contributed by atoms with van der Waals surface area (Å²) >= 11 is 0. The van der Waals surface area contributed by atoms with Crippen molar-refractivity contribution >= 4 is 0 Å². The van der Waals surface area contributed by atoms with Crippen LogP contribution >= 0.6 is 0 Å². The lowest BCUT2D eigenvalue weighted by Gasteiger charge is -2.13. The SMILES string of the molecule is CCC(C)c1ccccc1-n1cncn1. The first-order valence-electron chi connectivity index (χ1n) is 5.27. The lowest BCUT2D eigenvalue weighted by Crippen LogP contribution is -2.02. The molecular formula is C12H15N3. The Morgan fingerprint density at radius 1 is 1.33 bits per heavy atom. The molecule has 1 aromatic carbocycles. The van der Waals surface area contributed by atoms with Crippen LogP contribution in [0.25, 0.3) is 5.69 Å². The molecule has 2 rings (SSSR count). The third-order valence-corrected chi connectivity index (χ3v) is 2.75. The summed E-state index contributed by atoms with van der Waals surface area (Å²) < 4.78 is 1.82. The fraction of sp³-hybridized carbons (Fsp3) is 0.333. The molecule has 0 aliphatic carbocycles. The molecule has 0 fully saturated rings. The zero-order valence-corrected chi connectivity index (χ0v) is 9.09. The lowest BCUT2D eigenvalue weighted by molar-refractivity contribution is 0.717. The van der Waals surface area contributed by atoms with Gasteiger partial charge in [-0.05, 0) is 24.0 Å². The first-order chi connectivity index (χ1) is 7.33. The molecule has 0 radical (unpaired) electrons. The fourth-order valence-corrected chi connectivity index (χ4v) is 1.67. The highest BCUT2D eigenvalue weighted by molar-refractivity contribution is 5.41. The Hall–Kier alpha value is -1.64. The summed E-state index contributed by atoms with van der Waals surface area (Å²) in [5, 5.41) is 4.17. The van der Waals surface area contributed by atoms with Gasteiger partial charge in [0.2, 0.25) is 0 Å². The van der Waals surface area contributed by atoms with Crippen molar-refractivity contribution in [3.05, 3.63) is 42.5 Å². The van der Waals surface area contributed by atoms with Gasteiger partial charge in [-0.25, -0.2) is 9.67 Å². The van der Waals surface area contributed by atoms with E-state index < -0.39 is 0 Å². The Morgan fingerprint density at radius 3 is 2.80 bits per heavy atom. The number of hydrogen-bond donors (Lipinski definition) is 0. The van der Waals surface area contributed by atoms with Crippen molar-refractivity contribution in [2.75, 3.05) is 0 Å². The molecule has 1 unspecified atom stereocenters. The van der Waals surface area contributed by atoms with Crippen LogP contribution in [-0.4, -0.2) is 14.8 Å². The van der Waals surface area contributed by atoms with Crippen molar-refractivity contribution in [1.29, 1.82) is 0 Å². The van der Waals surface area contributed by atoms with Gasteiger partial charge in [-0.3, -0.25) is 0 Å². The molecule has 0 saturated heterocycles. The molecule has 0 aliphatic rings. The number of para-hydroxylation sites is 1. The maximum absolute atomic E-state index is 4.17. The van der Waals surface area contributed by atoms with Crippen LogP contribution in [-0.2, 0) is 0 Å². The van der Waals surface area contributed by atoms with Gasteiger partial charge >= 0.3 is 0 Å². The summed E-state index contributed by atoms with van der Waals surface area (Å²) in [6, 6.07) is 8.34. The topological polar surface area (TPSA) is 30.7 Å². The smallest absolute Gasteiger partial charge is 0.138 e. The number of hydrogen-bond acceptors (Lipinski definition) is 2. The molecule has 1 heterocycles. The Bertz CT molecular complexity index is 420. The molecule has 2 aromatic rings. The summed E-state index contributed by atoms with van der Waals surface area (Å²) in [5.41, 5.74) is 2.45. The van der Waals surface area contributed by atoms with Crippen LogP contribution in [0, 0.1) is 0 Å². The zero-order chi connectivity index (χ0) is 10.7. The molecular weight excluding hydrogens is 186 g/mol. The van der Waals surface area contributed by atoms with E-state index in [2.05, 4.69) is 42.1 Å². The molecule has 0 N–H and O–H groups in total. The maximum atomic E-state index is 4.17. The molecule has 0 amide bonds. The summed E-state index contributed by atoms with van der Waals surface area (Å²) in [5.74, 6) is 0.547. The highest BCUT2D eigenvalue weighted by atomic mass is 15.3. The highest BCUT2D eigenvalue weighted by Crippen LogP contribution is 2.24. The third-order valence-electron chi connectivity index (χ3n) is 2.75. The molecule has 0 bridgehead atoms. The molecule has 15 heavy (non-hydrogen) atoms. The van der Waals surface area contributed by atoms with Crippen molar-refractivity contribution in [2.24, 2.45) is 0 Å². The minimum atomic E-state index is 0.547. The average Bonchev–Trinajstić information content (AvgIpc) is 2.81. The fourth-order valence-electron chi connectivity index (χ4n) is 1.67. The van der Waals surface area contributed by atoms with Crippen LogP contribution in [0.5, 0.6) is 0 Å². The molecule has 1 aromatic heterocycles. The van der Waals surface area contributed by atoms with Gasteiger partial charge in [0, 0.05) is 0 Å². The average molecular weight is 201 g/mol. The molecule has 0 saturated carbocycles. The molecule has 78 valence electrons. The highest BCUT2D eigenvalue weighted by Gasteiger charge is 2.09. The van der Waals surface area contributed by atoms with Crippen LogP contribution in [0.3, 0.4) is 0 Å². The quantitative estimate of drug-likeness (QED) is 0.764. The number of benzene rings is 1. The zero-order valence-electron chi connectivity index (χ0n) is 9.09. The summed E-state index contributed by atoms with van der Waals surface area (Å²) in [6.07, 6.45) is 4.43. The second-order valence-corrected chi connectivity index (χ2v) is 3.71. The molecule has 3 nitrogen and oxygen atoms in total. The van der Waals surface area contributed by atoms with E-state index in [1.807, 2.05) is 10.7 Å². The van der Waals surface area contributed by atoms with Gasteiger partial charge in [0.05, 0.1) is 5.69 Å². The number of nitrogens with zero attached hydrogens (tertiary/aromatic N) is 3. The Labute approximate surface area is 89.8 Å². The monoisotopic (exact) mass is 201 g/mol. The first-order valence-corrected chi connectivity index (χ1v) is 5.27. The number of rotatable bonds is 3. The van der Waals surface area contributed by atoms with Crippen LogP contribution in [0.15, 0.2) is 36.9 Å². The number of aromatic nitrogens is 3. The lowest BCUT2D eigenvalue weighted by atomic mass is 9.97. The third kappa shape index (κ3) is 1.91. The summed E-state index contributed by atoms with van der Waals surface area (Å²) in [4.78, 5) is 3.98. The second-order valence-electron chi connectivity index (χ2n) is 3.71. The van der Waals surface area contributed by atoms with Crippen LogP contribution in [0.4, 0.5) is 0 Å². The van der Waals surface area contributed by atoms with E-state index in [1.165, 1.54) is 5.56 Å². The van der Waals surface area contributed by atoms with E-state index in [9.17, 15) is 0 Å². The van der Waals surface area contributed by atoms with Crippen LogP contribution in [0.1, 0.15) is 31.7 Å². The van der Waals surface area contributed by atoms with Gasteiger partial charge in [0.1, 0.15) is 12.7 Å². The largest absolute Gasteiger partial charge is 0.223 e. The van der Waals surface area contributed by atoms with E-state index in [-0.39, 0.29) is 0 Å². The minimum absolute atomic E-state index is 0.547. The molecule has 0 aliphatic heterocycles. The van der Waals surface area contributed by atoms with Gasteiger partial charge in [-0.2, -0.15) is 5.10 Å². The van der Waals surface area contributed by atoms with Crippen molar-refractivity contribution in [2.45, 2.75) is 26.2 Å². The normalized spacial score (nSPS) is 12.7. The van der Waals surface area contributed by atoms with Gasteiger partial charge in [0.15, 0.2) is 0 Å². The van der Waals surface area contributed by atoms with Crippen molar-refractivity contribution < 1.29 is 0 Å². The van der Waals surface area contributed by atoms with Crippen molar-refractivity contribution in [3.8, 4) is 5.69 Å².